The third kappa shape index (κ3) is 3.15. The number of nitrogens with one attached hydrogen (secondary N) is 1. The van der Waals surface area contributed by atoms with Crippen molar-refractivity contribution >= 4 is 23.2 Å². The molecule has 0 bridgehead atoms. The van der Waals surface area contributed by atoms with Gasteiger partial charge in [0.15, 0.2) is 12.2 Å². The predicted octanol–water partition coefficient (Wildman–Crippen LogP) is 3.55. The van der Waals surface area contributed by atoms with E-state index in [1.165, 1.54) is 6.39 Å². The van der Waals surface area contributed by atoms with E-state index >= 15 is 0 Å². The fourth-order valence-corrected chi connectivity index (χ4v) is 1.59. The van der Waals surface area contributed by atoms with E-state index in [2.05, 4.69) is 10.3 Å². The van der Waals surface area contributed by atoms with Gasteiger partial charge in [0.05, 0.1) is 11.6 Å². The van der Waals surface area contributed by atoms with Crippen LogP contribution in [0, 0.1) is 5.41 Å². The Kier molecular flexibility index (Phi) is 3.90. The van der Waals surface area contributed by atoms with Crippen LogP contribution in [0.5, 0.6) is 0 Å². The molecule has 1 aromatic carbocycles. The first-order valence-corrected chi connectivity index (χ1v) is 6.43. The summed E-state index contributed by atoms with van der Waals surface area (Å²) in [5, 5.41) is 2.85. The Bertz CT molecular complexity index is 565. The smallest absolute Gasteiger partial charge is 0.231 e. The highest BCUT2D eigenvalue weighted by molar-refractivity contribution is 6.20. The average molecular weight is 279 g/mol. The van der Waals surface area contributed by atoms with Gasteiger partial charge in [-0.1, -0.05) is 12.1 Å². The molecule has 1 heterocycles. The van der Waals surface area contributed by atoms with E-state index in [1.807, 2.05) is 24.3 Å². The predicted molar refractivity (Wildman–Crippen MR) is 75.1 cm³/mol. The van der Waals surface area contributed by atoms with Crippen LogP contribution in [0.2, 0.25) is 0 Å². The molecule has 100 valence electrons. The van der Waals surface area contributed by atoms with Gasteiger partial charge in [0, 0.05) is 17.1 Å². The normalized spacial score (nSPS) is 11.3. The second-order valence-electron chi connectivity index (χ2n) is 4.92. The van der Waals surface area contributed by atoms with E-state index < -0.39 is 5.41 Å². The first kappa shape index (κ1) is 13.6. The van der Waals surface area contributed by atoms with Gasteiger partial charge in [0.1, 0.15) is 0 Å². The van der Waals surface area contributed by atoms with Crippen molar-refractivity contribution in [3.63, 3.8) is 0 Å². The molecular formula is C14H15ClN2O2. The Morgan fingerprint density at radius 2 is 2.26 bits per heavy atom. The minimum absolute atomic E-state index is 0.114. The maximum Gasteiger partial charge on any atom is 0.231 e. The molecule has 0 atom stereocenters. The highest BCUT2D eigenvalue weighted by atomic mass is 35.5. The zero-order chi connectivity index (χ0) is 13.9. The Balaban J connectivity index is 2.19. The number of benzene rings is 1. The monoisotopic (exact) mass is 278 g/mol. The fourth-order valence-electron chi connectivity index (χ4n) is 1.47. The largest absolute Gasteiger partial charge is 0.444 e. The van der Waals surface area contributed by atoms with Crippen LogP contribution in [0.25, 0.3) is 11.3 Å². The van der Waals surface area contributed by atoms with Crippen molar-refractivity contribution in [2.24, 2.45) is 5.41 Å². The Hall–Kier alpha value is -1.81. The van der Waals surface area contributed by atoms with Crippen molar-refractivity contribution in [3.05, 3.63) is 36.9 Å². The molecule has 0 unspecified atom stereocenters. The highest BCUT2D eigenvalue weighted by Gasteiger charge is 2.26. The molecule has 1 aromatic heterocycles. The SMILES string of the molecule is CC(C)(CCl)C(=O)Nc1cccc(-c2cnco2)c1. The average Bonchev–Trinajstić information content (AvgIpc) is 2.93. The third-order valence-electron chi connectivity index (χ3n) is 2.79. The van der Waals surface area contributed by atoms with Gasteiger partial charge in [0.2, 0.25) is 5.91 Å². The Morgan fingerprint density at radius 1 is 1.47 bits per heavy atom. The van der Waals surface area contributed by atoms with Crippen LogP contribution in [0.15, 0.2) is 41.3 Å². The van der Waals surface area contributed by atoms with E-state index in [1.54, 1.807) is 20.0 Å². The Labute approximate surface area is 116 Å². The van der Waals surface area contributed by atoms with Crippen LogP contribution < -0.4 is 5.32 Å². The Morgan fingerprint density at radius 3 is 2.89 bits per heavy atom. The van der Waals surface area contributed by atoms with Gasteiger partial charge < -0.3 is 9.73 Å². The van der Waals surface area contributed by atoms with Gasteiger partial charge in [-0.25, -0.2) is 4.98 Å². The van der Waals surface area contributed by atoms with Gasteiger partial charge in [-0.2, -0.15) is 0 Å². The number of hydrogen-bond acceptors (Lipinski definition) is 3. The summed E-state index contributed by atoms with van der Waals surface area (Å²) in [4.78, 5) is 15.9. The molecule has 0 fully saturated rings. The molecule has 19 heavy (non-hydrogen) atoms. The van der Waals surface area contributed by atoms with Crippen LogP contribution in [0.1, 0.15) is 13.8 Å². The van der Waals surface area contributed by atoms with Crippen molar-refractivity contribution in [1.82, 2.24) is 4.98 Å². The van der Waals surface area contributed by atoms with Crippen molar-refractivity contribution in [1.29, 1.82) is 0 Å². The topological polar surface area (TPSA) is 55.1 Å². The van der Waals surface area contributed by atoms with Crippen LogP contribution in [0.3, 0.4) is 0 Å². The minimum Gasteiger partial charge on any atom is -0.444 e. The molecule has 1 N–H and O–H groups in total. The fraction of sp³-hybridized carbons (Fsp3) is 0.286. The van der Waals surface area contributed by atoms with Crippen LogP contribution in [-0.2, 0) is 4.79 Å². The first-order chi connectivity index (χ1) is 9.03. The number of anilines is 1. The van der Waals surface area contributed by atoms with Gasteiger partial charge in [-0.05, 0) is 26.0 Å². The standard InChI is InChI=1S/C14H15ClN2O2/c1-14(2,8-15)13(18)17-11-5-3-4-10(6-11)12-7-16-9-19-12/h3-7,9H,8H2,1-2H3,(H,17,18). The zero-order valence-electron chi connectivity index (χ0n) is 10.8. The molecule has 0 saturated heterocycles. The second-order valence-corrected chi connectivity index (χ2v) is 5.19. The summed E-state index contributed by atoms with van der Waals surface area (Å²) in [5.41, 5.74) is 0.958. The summed E-state index contributed by atoms with van der Waals surface area (Å²) in [6.07, 6.45) is 3.00. The number of carbonyl (C=O) groups is 1. The van der Waals surface area contributed by atoms with Crippen molar-refractivity contribution in [3.8, 4) is 11.3 Å². The molecule has 0 saturated carbocycles. The van der Waals surface area contributed by atoms with Gasteiger partial charge >= 0.3 is 0 Å². The van der Waals surface area contributed by atoms with Crippen molar-refractivity contribution < 1.29 is 9.21 Å². The third-order valence-corrected chi connectivity index (χ3v) is 3.45. The minimum atomic E-state index is -0.607. The van der Waals surface area contributed by atoms with E-state index in [-0.39, 0.29) is 11.8 Å². The molecule has 1 amide bonds. The molecule has 2 aromatic rings. The molecular weight excluding hydrogens is 264 g/mol. The van der Waals surface area contributed by atoms with E-state index in [0.29, 0.717) is 11.4 Å². The van der Waals surface area contributed by atoms with Crippen LogP contribution in [-0.4, -0.2) is 16.8 Å². The van der Waals surface area contributed by atoms with Crippen molar-refractivity contribution in [2.45, 2.75) is 13.8 Å². The van der Waals surface area contributed by atoms with E-state index in [0.717, 1.165) is 5.56 Å². The molecule has 0 radical (unpaired) electrons. The first-order valence-electron chi connectivity index (χ1n) is 5.89. The van der Waals surface area contributed by atoms with E-state index in [9.17, 15) is 4.79 Å². The van der Waals surface area contributed by atoms with Crippen LogP contribution >= 0.6 is 11.6 Å². The second kappa shape index (κ2) is 5.45. The van der Waals surface area contributed by atoms with Crippen molar-refractivity contribution in [2.75, 3.05) is 11.2 Å². The summed E-state index contributed by atoms with van der Waals surface area (Å²) in [5.74, 6) is 0.811. The molecule has 0 aliphatic carbocycles. The number of alkyl halides is 1. The molecule has 0 aliphatic rings. The van der Waals surface area contributed by atoms with Gasteiger partial charge in [-0.15, -0.1) is 11.6 Å². The number of hydrogen-bond donors (Lipinski definition) is 1. The molecule has 0 spiro atoms. The van der Waals surface area contributed by atoms with E-state index in [4.69, 9.17) is 16.0 Å². The lowest BCUT2D eigenvalue weighted by Crippen LogP contribution is -2.32. The molecule has 2 rings (SSSR count). The maximum absolute atomic E-state index is 12.0. The summed E-state index contributed by atoms with van der Waals surface area (Å²) in [7, 11) is 0. The van der Waals surface area contributed by atoms with Gasteiger partial charge in [0.25, 0.3) is 0 Å². The molecule has 4 nitrogen and oxygen atoms in total. The van der Waals surface area contributed by atoms with Gasteiger partial charge in [-0.3, -0.25) is 4.79 Å². The lowest BCUT2D eigenvalue weighted by molar-refractivity contribution is -0.122. The number of carbonyl (C=O) groups excluding carboxylic acids is 1. The highest BCUT2D eigenvalue weighted by Crippen LogP contribution is 2.24. The number of aromatic nitrogens is 1. The number of amides is 1. The number of oxazole rings is 1. The maximum atomic E-state index is 12.0. The summed E-state index contributed by atoms with van der Waals surface area (Å²) >= 11 is 5.78. The number of halogens is 1. The quantitative estimate of drug-likeness (QED) is 0.870. The lowest BCUT2D eigenvalue weighted by Gasteiger charge is -2.20. The molecule has 5 heteroatoms. The molecule has 0 aliphatic heterocycles. The number of rotatable bonds is 4. The lowest BCUT2D eigenvalue weighted by atomic mass is 9.95. The van der Waals surface area contributed by atoms with Crippen LogP contribution in [0.4, 0.5) is 5.69 Å². The summed E-state index contributed by atoms with van der Waals surface area (Å²) < 4.78 is 5.22. The number of nitrogens with zero attached hydrogens (tertiary/aromatic N) is 1. The summed E-state index contributed by atoms with van der Waals surface area (Å²) in [6.45, 7) is 3.60. The summed E-state index contributed by atoms with van der Waals surface area (Å²) in [6, 6.07) is 7.40. The zero-order valence-corrected chi connectivity index (χ0v) is 11.6.